The summed E-state index contributed by atoms with van der Waals surface area (Å²) in [4.78, 5) is 0. The topological polar surface area (TPSA) is 34.4 Å². The quantitative estimate of drug-likeness (QED) is 0.693. The van der Waals surface area contributed by atoms with Crippen LogP contribution in [0.4, 0.5) is 0 Å². The van der Waals surface area contributed by atoms with E-state index in [2.05, 4.69) is 82.8 Å². The summed E-state index contributed by atoms with van der Waals surface area (Å²) in [5, 5.41) is 12.0. The van der Waals surface area contributed by atoms with Gasteiger partial charge in [-0.05, 0) is 59.8 Å². The van der Waals surface area contributed by atoms with E-state index in [1.807, 2.05) is 0 Å². The molecule has 26 heavy (non-hydrogen) atoms. The minimum absolute atomic E-state index is 0.209. The second kappa shape index (κ2) is 6.66. The molecule has 0 fully saturated rings. The zero-order valence-corrected chi connectivity index (χ0v) is 18.3. The molecule has 3 rings (SSSR count). The van der Waals surface area contributed by atoms with Crippen LogP contribution in [0.25, 0.3) is 17.0 Å². The van der Waals surface area contributed by atoms with Crippen LogP contribution in [0.2, 0.25) is 18.1 Å². The number of nitrogens with zero attached hydrogens (tertiary/aromatic N) is 1. The highest BCUT2D eigenvalue weighted by Gasteiger charge is 2.37. The lowest BCUT2D eigenvalue weighted by atomic mass is 9.98. The first kappa shape index (κ1) is 19.4. The number of hydrogen-bond donors (Lipinski definition) is 1. The number of aromatic nitrogens is 1. The highest BCUT2D eigenvalue weighted by Crippen LogP contribution is 2.38. The van der Waals surface area contributed by atoms with Gasteiger partial charge in [-0.25, -0.2) is 0 Å². The maximum atomic E-state index is 10.6. The summed E-state index contributed by atoms with van der Waals surface area (Å²) in [6.07, 6.45) is 4.75. The van der Waals surface area contributed by atoms with Crippen LogP contribution in [0, 0.1) is 5.92 Å². The van der Waals surface area contributed by atoms with Crippen LogP contribution in [0.1, 0.15) is 57.0 Å². The highest BCUT2D eigenvalue weighted by molar-refractivity contribution is 6.74. The number of aliphatic hydroxyl groups is 1. The Hall–Kier alpha value is -1.36. The van der Waals surface area contributed by atoms with Gasteiger partial charge in [0.2, 0.25) is 0 Å². The first-order valence-electron chi connectivity index (χ1n) is 9.62. The van der Waals surface area contributed by atoms with Gasteiger partial charge in [-0.1, -0.05) is 39.8 Å². The normalized spacial score (nSPS) is 21.1. The van der Waals surface area contributed by atoms with Gasteiger partial charge in [-0.2, -0.15) is 0 Å². The van der Waals surface area contributed by atoms with Crippen LogP contribution in [0.15, 0.2) is 24.3 Å². The van der Waals surface area contributed by atoms with Gasteiger partial charge in [0.05, 0.1) is 12.7 Å². The summed E-state index contributed by atoms with van der Waals surface area (Å²) in [6.45, 7) is 14.2. The number of aliphatic hydroxyl groups excluding tert-OH is 1. The van der Waals surface area contributed by atoms with E-state index in [0.717, 1.165) is 17.5 Å². The monoisotopic (exact) mass is 371 g/mol. The van der Waals surface area contributed by atoms with Crippen molar-refractivity contribution in [1.29, 1.82) is 0 Å². The number of aryl methyl sites for hydroxylation is 1. The fraction of sp³-hybridized carbons (Fsp3) is 0.545. The Balaban J connectivity index is 1.95. The number of rotatable bonds is 3. The van der Waals surface area contributed by atoms with Crippen LogP contribution in [0.3, 0.4) is 0 Å². The Morgan fingerprint density at radius 1 is 1.23 bits per heavy atom. The fourth-order valence-corrected chi connectivity index (χ4v) is 4.29. The molecular weight excluding hydrogens is 338 g/mol. The summed E-state index contributed by atoms with van der Waals surface area (Å²) in [5.74, 6) is 0.397. The molecule has 1 aliphatic rings. The first-order chi connectivity index (χ1) is 12.0. The lowest BCUT2D eigenvalue weighted by Gasteiger charge is -2.36. The number of allylic oxidation sites excluding steroid dienone is 1. The highest BCUT2D eigenvalue weighted by atomic mass is 28.4. The molecule has 1 aliphatic carbocycles. The van der Waals surface area contributed by atoms with Gasteiger partial charge in [0, 0.05) is 23.6 Å². The predicted molar refractivity (Wildman–Crippen MR) is 113 cm³/mol. The molecular formula is C22H33NO2Si. The van der Waals surface area contributed by atoms with Gasteiger partial charge in [0.15, 0.2) is 8.32 Å². The molecule has 2 unspecified atom stereocenters. The Morgan fingerprint density at radius 2 is 1.92 bits per heavy atom. The molecule has 1 aromatic heterocycles. The van der Waals surface area contributed by atoms with E-state index in [-0.39, 0.29) is 5.04 Å². The van der Waals surface area contributed by atoms with Gasteiger partial charge in [0.25, 0.3) is 0 Å². The van der Waals surface area contributed by atoms with Crippen molar-refractivity contribution in [3.63, 3.8) is 0 Å². The summed E-state index contributed by atoms with van der Waals surface area (Å²) in [6, 6.07) is 6.58. The van der Waals surface area contributed by atoms with Crippen LogP contribution in [-0.4, -0.2) is 18.0 Å². The minimum Gasteiger partial charge on any atom is -0.411 e. The maximum absolute atomic E-state index is 10.6. The average Bonchev–Trinajstić information content (AvgIpc) is 2.76. The number of hydrogen-bond acceptors (Lipinski definition) is 2. The molecule has 2 atom stereocenters. The Bertz CT molecular complexity index is 842. The molecule has 1 N–H and O–H groups in total. The summed E-state index contributed by atoms with van der Waals surface area (Å²) in [7, 11) is 0.335. The third kappa shape index (κ3) is 3.55. The van der Waals surface area contributed by atoms with Gasteiger partial charge >= 0.3 is 0 Å². The Labute approximate surface area is 158 Å². The molecule has 0 radical (unpaired) electrons. The molecule has 0 saturated carbocycles. The standard InChI is InChI=1S/C22H33NO2Si/c1-15-8-9-16-13-20-17(12-19(16)21(24)10-15)11-18(23(20)5)14-25-26(6,7)22(2,3)4/h8-9,11-13,15,21,24H,10,14H2,1-7H3. The van der Waals surface area contributed by atoms with Crippen molar-refractivity contribution >= 4 is 25.3 Å². The van der Waals surface area contributed by atoms with Crippen molar-refractivity contribution < 1.29 is 9.53 Å². The zero-order chi connectivity index (χ0) is 19.3. The van der Waals surface area contributed by atoms with Gasteiger partial charge in [0.1, 0.15) is 0 Å². The van der Waals surface area contributed by atoms with Crippen LogP contribution >= 0.6 is 0 Å². The predicted octanol–water partition coefficient (Wildman–Crippen LogP) is 5.79. The molecule has 4 heteroatoms. The Kier molecular flexibility index (Phi) is 4.97. The van der Waals surface area contributed by atoms with Gasteiger partial charge < -0.3 is 14.1 Å². The molecule has 0 saturated heterocycles. The van der Waals surface area contributed by atoms with Crippen LogP contribution in [0.5, 0.6) is 0 Å². The van der Waals surface area contributed by atoms with Crippen molar-refractivity contribution in [3.05, 3.63) is 41.1 Å². The maximum Gasteiger partial charge on any atom is 0.192 e. The number of benzene rings is 1. The minimum atomic E-state index is -1.77. The van der Waals surface area contributed by atoms with E-state index in [9.17, 15) is 5.11 Å². The number of fused-ring (bicyclic) bond motifs is 2. The van der Waals surface area contributed by atoms with Gasteiger partial charge in [-0.3, -0.25) is 0 Å². The van der Waals surface area contributed by atoms with Crippen molar-refractivity contribution in [3.8, 4) is 0 Å². The average molecular weight is 372 g/mol. The van der Waals surface area contributed by atoms with Crippen LogP contribution in [-0.2, 0) is 18.1 Å². The first-order valence-corrected chi connectivity index (χ1v) is 12.5. The van der Waals surface area contributed by atoms with E-state index in [4.69, 9.17) is 4.43 Å². The third-order valence-electron chi connectivity index (χ3n) is 6.29. The van der Waals surface area contributed by atoms with E-state index >= 15 is 0 Å². The molecule has 3 nitrogen and oxygen atoms in total. The zero-order valence-electron chi connectivity index (χ0n) is 17.3. The van der Waals surface area contributed by atoms with E-state index in [0.29, 0.717) is 12.5 Å². The third-order valence-corrected chi connectivity index (χ3v) is 10.8. The SMILES string of the molecule is CC1C=Cc2cc3c(cc2C(O)C1)cc(CO[Si](C)(C)C(C)(C)C)n3C. The van der Waals surface area contributed by atoms with Crippen LogP contribution < -0.4 is 0 Å². The van der Waals surface area contributed by atoms with Crippen molar-refractivity contribution in [2.24, 2.45) is 13.0 Å². The van der Waals surface area contributed by atoms with Crippen molar-refractivity contribution in [2.45, 2.75) is 65.0 Å². The molecule has 0 aliphatic heterocycles. The van der Waals surface area contributed by atoms with E-state index in [1.54, 1.807) is 0 Å². The Morgan fingerprint density at radius 3 is 2.58 bits per heavy atom. The van der Waals surface area contributed by atoms with Crippen molar-refractivity contribution in [1.82, 2.24) is 4.57 Å². The summed E-state index contributed by atoms with van der Waals surface area (Å²) < 4.78 is 8.66. The molecule has 0 amide bonds. The molecule has 142 valence electrons. The van der Waals surface area contributed by atoms with Crippen molar-refractivity contribution in [2.75, 3.05) is 0 Å². The lowest BCUT2D eigenvalue weighted by molar-refractivity contribution is 0.156. The second-order valence-electron chi connectivity index (χ2n) is 9.37. The smallest absolute Gasteiger partial charge is 0.192 e. The molecule has 0 bridgehead atoms. The molecule has 1 aromatic carbocycles. The molecule has 1 heterocycles. The lowest BCUT2D eigenvalue weighted by Crippen LogP contribution is -2.40. The van der Waals surface area contributed by atoms with E-state index < -0.39 is 14.4 Å². The van der Waals surface area contributed by atoms with Gasteiger partial charge in [-0.15, -0.1) is 0 Å². The van der Waals surface area contributed by atoms with E-state index in [1.165, 1.54) is 16.6 Å². The fourth-order valence-electron chi connectivity index (χ4n) is 3.34. The largest absolute Gasteiger partial charge is 0.411 e. The summed E-state index contributed by atoms with van der Waals surface area (Å²) in [5.41, 5.74) is 4.56. The molecule has 2 aromatic rings. The molecule has 0 spiro atoms. The second-order valence-corrected chi connectivity index (χ2v) is 14.2. The summed E-state index contributed by atoms with van der Waals surface area (Å²) >= 11 is 0.